The lowest BCUT2D eigenvalue weighted by Crippen LogP contribution is -2.46. The van der Waals surface area contributed by atoms with E-state index in [1.807, 2.05) is 11.6 Å². The zero-order chi connectivity index (χ0) is 15.4. The average Bonchev–Trinajstić information content (AvgIpc) is 3.04. The van der Waals surface area contributed by atoms with E-state index in [0.717, 1.165) is 37.6 Å². The standard InChI is InChI=1S/C15H21N5OS/c1-19-15(21)6-5-14(18-19)20-7-3-2-4-13(20)9-16-8-12-10-22-11-17-12/h5-6,10-11,13,16H,2-4,7-9H2,1H3. The van der Waals surface area contributed by atoms with Gasteiger partial charge in [0.1, 0.15) is 5.82 Å². The van der Waals surface area contributed by atoms with Crippen molar-refractivity contribution in [2.24, 2.45) is 7.05 Å². The Morgan fingerprint density at radius 2 is 2.32 bits per heavy atom. The van der Waals surface area contributed by atoms with Crippen LogP contribution in [0.25, 0.3) is 0 Å². The smallest absolute Gasteiger partial charge is 0.266 e. The Morgan fingerprint density at radius 3 is 3.09 bits per heavy atom. The molecule has 3 rings (SSSR count). The number of aromatic nitrogens is 3. The van der Waals surface area contributed by atoms with E-state index in [2.05, 4.69) is 25.7 Å². The van der Waals surface area contributed by atoms with E-state index in [4.69, 9.17) is 0 Å². The molecule has 0 aromatic carbocycles. The predicted molar refractivity (Wildman–Crippen MR) is 88.3 cm³/mol. The molecule has 0 spiro atoms. The fraction of sp³-hybridized carbons (Fsp3) is 0.533. The van der Waals surface area contributed by atoms with Crippen molar-refractivity contribution in [3.63, 3.8) is 0 Å². The highest BCUT2D eigenvalue weighted by Gasteiger charge is 2.23. The van der Waals surface area contributed by atoms with Gasteiger partial charge in [0.15, 0.2) is 0 Å². The number of nitrogens with one attached hydrogen (secondary N) is 1. The van der Waals surface area contributed by atoms with E-state index in [1.165, 1.54) is 17.5 Å². The molecule has 2 aromatic heterocycles. The van der Waals surface area contributed by atoms with Gasteiger partial charge >= 0.3 is 0 Å². The number of anilines is 1. The average molecular weight is 319 g/mol. The van der Waals surface area contributed by atoms with Crippen LogP contribution in [0.2, 0.25) is 0 Å². The summed E-state index contributed by atoms with van der Waals surface area (Å²) in [6, 6.07) is 3.84. The van der Waals surface area contributed by atoms with Gasteiger partial charge in [0.2, 0.25) is 0 Å². The van der Waals surface area contributed by atoms with Crippen LogP contribution in [-0.2, 0) is 13.6 Å². The van der Waals surface area contributed by atoms with Crippen LogP contribution in [0.5, 0.6) is 0 Å². The first kappa shape index (κ1) is 15.2. The molecular weight excluding hydrogens is 298 g/mol. The maximum Gasteiger partial charge on any atom is 0.266 e. The van der Waals surface area contributed by atoms with Crippen molar-refractivity contribution < 1.29 is 0 Å². The predicted octanol–water partition coefficient (Wildman–Crippen LogP) is 1.39. The van der Waals surface area contributed by atoms with E-state index in [0.29, 0.717) is 6.04 Å². The number of aryl methyl sites for hydroxylation is 1. The van der Waals surface area contributed by atoms with Crippen LogP contribution in [0.1, 0.15) is 25.0 Å². The third-order valence-electron chi connectivity index (χ3n) is 4.04. The van der Waals surface area contributed by atoms with Crippen LogP contribution >= 0.6 is 11.3 Å². The molecule has 0 saturated carbocycles. The molecule has 118 valence electrons. The number of rotatable bonds is 5. The molecule has 3 heterocycles. The molecule has 0 radical (unpaired) electrons. The third kappa shape index (κ3) is 3.53. The second-order valence-electron chi connectivity index (χ2n) is 5.61. The van der Waals surface area contributed by atoms with Crippen LogP contribution in [0.4, 0.5) is 5.82 Å². The largest absolute Gasteiger partial charge is 0.351 e. The molecule has 1 saturated heterocycles. The zero-order valence-corrected chi connectivity index (χ0v) is 13.6. The van der Waals surface area contributed by atoms with Crippen LogP contribution < -0.4 is 15.8 Å². The molecule has 1 aliphatic rings. The Balaban J connectivity index is 1.65. The quantitative estimate of drug-likeness (QED) is 0.902. The molecule has 22 heavy (non-hydrogen) atoms. The number of hydrogen-bond acceptors (Lipinski definition) is 6. The van der Waals surface area contributed by atoms with Crippen molar-refractivity contribution in [3.05, 3.63) is 39.1 Å². The van der Waals surface area contributed by atoms with Crippen LogP contribution in [-0.4, -0.2) is 33.9 Å². The van der Waals surface area contributed by atoms with E-state index in [9.17, 15) is 4.79 Å². The van der Waals surface area contributed by atoms with Gasteiger partial charge in [-0.1, -0.05) is 0 Å². The molecule has 6 nitrogen and oxygen atoms in total. The summed E-state index contributed by atoms with van der Waals surface area (Å²) in [7, 11) is 1.70. The van der Waals surface area contributed by atoms with Crippen LogP contribution in [0, 0.1) is 0 Å². The second-order valence-corrected chi connectivity index (χ2v) is 6.33. The Kier molecular flexibility index (Phi) is 4.84. The minimum atomic E-state index is -0.0704. The van der Waals surface area contributed by atoms with Gasteiger partial charge in [-0.15, -0.1) is 11.3 Å². The molecule has 0 aliphatic carbocycles. The summed E-state index contributed by atoms with van der Waals surface area (Å²) in [5.74, 6) is 0.891. The van der Waals surface area contributed by atoms with Crippen molar-refractivity contribution >= 4 is 17.2 Å². The Morgan fingerprint density at radius 1 is 1.41 bits per heavy atom. The van der Waals surface area contributed by atoms with Crippen molar-refractivity contribution in [1.82, 2.24) is 20.1 Å². The molecule has 2 aromatic rings. The minimum Gasteiger partial charge on any atom is -0.351 e. The third-order valence-corrected chi connectivity index (χ3v) is 4.67. The van der Waals surface area contributed by atoms with Crippen molar-refractivity contribution in [1.29, 1.82) is 0 Å². The lowest BCUT2D eigenvalue weighted by molar-refractivity contribution is 0.428. The SMILES string of the molecule is Cn1nc(N2CCCCC2CNCc2cscn2)ccc1=O. The van der Waals surface area contributed by atoms with Crippen molar-refractivity contribution in [3.8, 4) is 0 Å². The number of nitrogens with zero attached hydrogens (tertiary/aromatic N) is 4. The van der Waals surface area contributed by atoms with Gasteiger partial charge in [-0.05, 0) is 25.3 Å². The minimum absolute atomic E-state index is 0.0704. The molecule has 0 bridgehead atoms. The molecule has 1 fully saturated rings. The first-order chi connectivity index (χ1) is 10.7. The summed E-state index contributed by atoms with van der Waals surface area (Å²) in [6.45, 7) is 2.70. The topological polar surface area (TPSA) is 63.1 Å². The normalized spacial score (nSPS) is 18.6. The molecule has 0 amide bonds. The Hall–Kier alpha value is -1.73. The Labute approximate surface area is 133 Å². The molecule has 1 atom stereocenters. The summed E-state index contributed by atoms with van der Waals surface area (Å²) in [6.07, 6.45) is 3.56. The summed E-state index contributed by atoms with van der Waals surface area (Å²) < 4.78 is 1.41. The van der Waals surface area contributed by atoms with Crippen molar-refractivity contribution in [2.45, 2.75) is 31.8 Å². The summed E-state index contributed by atoms with van der Waals surface area (Å²) in [5, 5.41) is 9.96. The maximum absolute atomic E-state index is 11.5. The lowest BCUT2D eigenvalue weighted by Gasteiger charge is -2.36. The fourth-order valence-corrected chi connectivity index (χ4v) is 3.41. The molecule has 1 N–H and O–H groups in total. The molecule has 1 unspecified atom stereocenters. The van der Waals surface area contributed by atoms with Crippen molar-refractivity contribution in [2.75, 3.05) is 18.0 Å². The summed E-state index contributed by atoms with van der Waals surface area (Å²) >= 11 is 1.62. The first-order valence-electron chi connectivity index (χ1n) is 7.63. The van der Waals surface area contributed by atoms with E-state index >= 15 is 0 Å². The van der Waals surface area contributed by atoms with Gasteiger partial charge in [-0.2, -0.15) is 5.10 Å². The molecule has 1 aliphatic heterocycles. The number of piperidine rings is 1. The van der Waals surface area contributed by atoms with Gasteiger partial charge < -0.3 is 10.2 Å². The summed E-state index contributed by atoms with van der Waals surface area (Å²) in [5.41, 5.74) is 2.88. The van der Waals surface area contributed by atoms with Gasteiger partial charge in [-0.25, -0.2) is 9.67 Å². The maximum atomic E-state index is 11.5. The number of thiazole rings is 1. The van der Waals surface area contributed by atoms with Gasteiger partial charge in [0.25, 0.3) is 5.56 Å². The van der Waals surface area contributed by atoms with E-state index < -0.39 is 0 Å². The molecular formula is C15H21N5OS. The van der Waals surface area contributed by atoms with Gasteiger partial charge in [0, 0.05) is 44.2 Å². The highest BCUT2D eigenvalue weighted by molar-refractivity contribution is 7.07. The second kappa shape index (κ2) is 7.02. The van der Waals surface area contributed by atoms with E-state index in [-0.39, 0.29) is 5.56 Å². The zero-order valence-electron chi connectivity index (χ0n) is 12.7. The molecule has 7 heteroatoms. The monoisotopic (exact) mass is 319 g/mol. The fourth-order valence-electron chi connectivity index (χ4n) is 2.85. The van der Waals surface area contributed by atoms with Gasteiger partial charge in [-0.3, -0.25) is 4.79 Å². The number of hydrogen-bond donors (Lipinski definition) is 1. The van der Waals surface area contributed by atoms with Crippen LogP contribution in [0.3, 0.4) is 0 Å². The highest BCUT2D eigenvalue weighted by Crippen LogP contribution is 2.21. The van der Waals surface area contributed by atoms with Crippen LogP contribution in [0.15, 0.2) is 27.8 Å². The van der Waals surface area contributed by atoms with E-state index in [1.54, 1.807) is 24.5 Å². The first-order valence-corrected chi connectivity index (χ1v) is 8.57. The highest BCUT2D eigenvalue weighted by atomic mass is 32.1. The summed E-state index contributed by atoms with van der Waals surface area (Å²) in [4.78, 5) is 18.1. The Bertz CT molecular complexity index is 654. The van der Waals surface area contributed by atoms with Gasteiger partial charge in [0.05, 0.1) is 11.2 Å². The lowest BCUT2D eigenvalue weighted by atomic mass is 10.0.